The zero-order valence-corrected chi connectivity index (χ0v) is 9.46. The zero-order chi connectivity index (χ0) is 11.0. The van der Waals surface area contributed by atoms with Gasteiger partial charge in [-0.15, -0.1) is 0 Å². The van der Waals surface area contributed by atoms with E-state index < -0.39 is 19.7 Å². The van der Waals surface area contributed by atoms with Crippen LogP contribution in [0, 0.1) is 0 Å². The van der Waals surface area contributed by atoms with Gasteiger partial charge in [-0.25, -0.2) is 0 Å². The number of carboxylic acids is 1. The molecule has 0 saturated heterocycles. The smallest absolute Gasteiger partial charge is 0.341 e. The van der Waals surface area contributed by atoms with E-state index in [9.17, 15) is 9.36 Å². The normalized spacial score (nSPS) is 11.6. The van der Waals surface area contributed by atoms with Gasteiger partial charge in [-0.1, -0.05) is 13.8 Å². The number of hydrogen-bond donors (Lipinski definition) is 1. The third-order valence-corrected chi connectivity index (χ3v) is 3.12. The molecular weight excluding hydrogens is 207 g/mol. The Morgan fingerprint density at radius 2 is 1.64 bits per heavy atom. The summed E-state index contributed by atoms with van der Waals surface area (Å²) >= 11 is 0. The van der Waals surface area contributed by atoms with Crippen LogP contribution in [0.1, 0.15) is 26.7 Å². The van der Waals surface area contributed by atoms with Crippen LogP contribution in [0.4, 0.5) is 0 Å². The highest BCUT2D eigenvalue weighted by Gasteiger charge is 2.27. The summed E-state index contributed by atoms with van der Waals surface area (Å²) < 4.78 is 21.6. The van der Waals surface area contributed by atoms with Crippen molar-refractivity contribution in [3.63, 3.8) is 0 Å². The molecule has 0 unspecified atom stereocenters. The second-order valence-electron chi connectivity index (χ2n) is 2.83. The monoisotopic (exact) mass is 224 g/mol. The topological polar surface area (TPSA) is 72.8 Å². The Bertz CT molecular complexity index is 204. The average molecular weight is 224 g/mol. The molecule has 84 valence electrons. The standard InChI is InChI=1S/C8H17O5P/c1-3-5-12-14(11,7-8(9)10)13-6-4-2/h3-7H2,1-2H3,(H,9,10). The van der Waals surface area contributed by atoms with Gasteiger partial charge in [0.2, 0.25) is 0 Å². The molecule has 0 saturated carbocycles. The zero-order valence-electron chi connectivity index (χ0n) is 8.56. The largest absolute Gasteiger partial charge is 0.481 e. The van der Waals surface area contributed by atoms with Gasteiger partial charge in [0.05, 0.1) is 13.2 Å². The molecule has 0 spiro atoms. The van der Waals surface area contributed by atoms with Crippen LogP contribution in [-0.2, 0) is 18.4 Å². The number of carbonyl (C=O) groups is 1. The number of carboxylic acid groups (broad SMARTS) is 1. The van der Waals surface area contributed by atoms with Crippen LogP contribution < -0.4 is 0 Å². The van der Waals surface area contributed by atoms with Gasteiger partial charge in [0, 0.05) is 0 Å². The summed E-state index contributed by atoms with van der Waals surface area (Å²) in [6.07, 6.45) is 0.797. The third kappa shape index (κ3) is 6.13. The van der Waals surface area contributed by atoms with Crippen molar-refractivity contribution in [2.24, 2.45) is 0 Å². The Morgan fingerprint density at radius 3 is 1.93 bits per heavy atom. The van der Waals surface area contributed by atoms with Crippen LogP contribution in [0.15, 0.2) is 0 Å². The first-order valence-corrected chi connectivity index (χ1v) is 6.36. The van der Waals surface area contributed by atoms with Crippen molar-refractivity contribution < 1.29 is 23.5 Å². The van der Waals surface area contributed by atoms with Crippen molar-refractivity contribution in [3.8, 4) is 0 Å². The van der Waals surface area contributed by atoms with Crippen LogP contribution in [0.25, 0.3) is 0 Å². The molecule has 0 rings (SSSR count). The lowest BCUT2D eigenvalue weighted by Gasteiger charge is -2.15. The van der Waals surface area contributed by atoms with Gasteiger partial charge in [0.1, 0.15) is 6.16 Å². The molecule has 0 aliphatic heterocycles. The average Bonchev–Trinajstić information content (AvgIpc) is 2.11. The molecule has 0 heterocycles. The number of hydrogen-bond acceptors (Lipinski definition) is 4. The van der Waals surface area contributed by atoms with E-state index in [4.69, 9.17) is 14.2 Å². The van der Waals surface area contributed by atoms with Crippen molar-refractivity contribution in [2.75, 3.05) is 19.4 Å². The molecular formula is C8H17O5P. The Labute approximate surface area is 83.9 Å². The Balaban J connectivity index is 4.18. The summed E-state index contributed by atoms with van der Waals surface area (Å²) in [4.78, 5) is 10.4. The summed E-state index contributed by atoms with van der Waals surface area (Å²) in [5.41, 5.74) is 0. The second kappa shape index (κ2) is 6.98. The molecule has 0 aromatic heterocycles. The van der Waals surface area contributed by atoms with E-state index in [2.05, 4.69) is 0 Å². The van der Waals surface area contributed by atoms with Crippen LogP contribution >= 0.6 is 7.60 Å². The lowest BCUT2D eigenvalue weighted by atomic mass is 10.5. The van der Waals surface area contributed by atoms with Crippen molar-refractivity contribution in [1.82, 2.24) is 0 Å². The summed E-state index contributed by atoms with van der Waals surface area (Å²) in [6, 6.07) is 0. The van der Waals surface area contributed by atoms with Crippen LogP contribution in [-0.4, -0.2) is 30.5 Å². The summed E-state index contributed by atoms with van der Waals surface area (Å²) in [5, 5.41) is 8.52. The first-order valence-electron chi connectivity index (χ1n) is 4.64. The minimum Gasteiger partial charge on any atom is -0.481 e. The third-order valence-electron chi connectivity index (χ3n) is 1.31. The lowest BCUT2D eigenvalue weighted by Crippen LogP contribution is -2.09. The first-order chi connectivity index (χ1) is 6.54. The van der Waals surface area contributed by atoms with Gasteiger partial charge >= 0.3 is 13.6 Å². The first kappa shape index (κ1) is 13.6. The highest BCUT2D eigenvalue weighted by Crippen LogP contribution is 2.47. The van der Waals surface area contributed by atoms with Crippen molar-refractivity contribution in [2.45, 2.75) is 26.7 Å². The second-order valence-corrected chi connectivity index (χ2v) is 4.88. The van der Waals surface area contributed by atoms with Crippen LogP contribution in [0.3, 0.4) is 0 Å². The van der Waals surface area contributed by atoms with Crippen LogP contribution in [0.2, 0.25) is 0 Å². The Hall–Kier alpha value is -0.380. The maximum atomic E-state index is 11.7. The summed E-state index contributed by atoms with van der Waals surface area (Å²) in [5.74, 6) is -1.17. The Kier molecular flexibility index (Phi) is 6.79. The molecule has 1 N–H and O–H groups in total. The summed E-state index contributed by atoms with van der Waals surface area (Å²) in [7, 11) is -3.41. The molecule has 0 aromatic rings. The maximum absolute atomic E-state index is 11.7. The van der Waals surface area contributed by atoms with Crippen LogP contribution in [0.5, 0.6) is 0 Å². The molecule has 6 heteroatoms. The molecule has 5 nitrogen and oxygen atoms in total. The molecule has 0 atom stereocenters. The van der Waals surface area contributed by atoms with Gasteiger partial charge < -0.3 is 14.2 Å². The van der Waals surface area contributed by atoms with E-state index in [0.29, 0.717) is 12.8 Å². The molecule has 14 heavy (non-hydrogen) atoms. The van der Waals surface area contributed by atoms with Gasteiger partial charge in [-0.05, 0) is 12.8 Å². The fourth-order valence-electron chi connectivity index (χ4n) is 0.755. The fourth-order valence-corrected chi connectivity index (χ4v) is 2.26. The van der Waals surface area contributed by atoms with E-state index in [1.54, 1.807) is 0 Å². The molecule has 0 aromatic carbocycles. The molecule has 0 fully saturated rings. The summed E-state index contributed by atoms with van der Waals surface area (Å²) in [6.45, 7) is 4.22. The number of rotatable bonds is 8. The number of aliphatic carboxylic acids is 1. The van der Waals surface area contributed by atoms with Crippen molar-refractivity contribution in [1.29, 1.82) is 0 Å². The van der Waals surface area contributed by atoms with E-state index in [1.165, 1.54) is 0 Å². The lowest BCUT2D eigenvalue weighted by molar-refractivity contribution is -0.134. The quantitative estimate of drug-likeness (QED) is 0.639. The van der Waals surface area contributed by atoms with E-state index >= 15 is 0 Å². The van der Waals surface area contributed by atoms with Gasteiger partial charge in [0.25, 0.3) is 0 Å². The van der Waals surface area contributed by atoms with E-state index in [1.807, 2.05) is 13.8 Å². The molecule has 0 bridgehead atoms. The molecule has 0 aliphatic rings. The predicted molar refractivity (Wildman–Crippen MR) is 52.6 cm³/mol. The SMILES string of the molecule is CCCOP(=O)(CC(=O)O)OCCC. The van der Waals surface area contributed by atoms with Gasteiger partial charge in [-0.2, -0.15) is 0 Å². The molecule has 0 amide bonds. The van der Waals surface area contributed by atoms with Gasteiger partial charge in [0.15, 0.2) is 0 Å². The van der Waals surface area contributed by atoms with Crippen molar-refractivity contribution in [3.05, 3.63) is 0 Å². The van der Waals surface area contributed by atoms with E-state index in [-0.39, 0.29) is 13.2 Å². The van der Waals surface area contributed by atoms with Crippen molar-refractivity contribution >= 4 is 13.6 Å². The predicted octanol–water partition coefficient (Wildman–Crippen LogP) is 2.12. The minimum absolute atomic E-state index is 0.258. The highest BCUT2D eigenvalue weighted by molar-refractivity contribution is 7.54. The molecule has 0 aliphatic carbocycles. The van der Waals surface area contributed by atoms with E-state index in [0.717, 1.165) is 0 Å². The molecule has 0 radical (unpaired) electrons. The highest BCUT2D eigenvalue weighted by atomic mass is 31.2. The fraction of sp³-hybridized carbons (Fsp3) is 0.875. The Morgan fingerprint density at radius 1 is 1.21 bits per heavy atom. The van der Waals surface area contributed by atoms with Gasteiger partial charge in [-0.3, -0.25) is 9.36 Å². The maximum Gasteiger partial charge on any atom is 0.341 e. The minimum atomic E-state index is -3.41.